The van der Waals surface area contributed by atoms with E-state index in [9.17, 15) is 14.4 Å². The molecule has 9 heteroatoms. The van der Waals surface area contributed by atoms with Crippen LogP contribution in [0, 0.1) is 11.8 Å². The number of carbonyl (C=O) groups is 3. The van der Waals surface area contributed by atoms with Gasteiger partial charge in [-0.1, -0.05) is 15.9 Å². The van der Waals surface area contributed by atoms with Gasteiger partial charge in [0.25, 0.3) is 0 Å². The van der Waals surface area contributed by atoms with Crippen molar-refractivity contribution in [3.63, 3.8) is 0 Å². The highest BCUT2D eigenvalue weighted by Crippen LogP contribution is 2.30. The van der Waals surface area contributed by atoms with E-state index in [0.29, 0.717) is 35.7 Å². The fraction of sp³-hybridized carbons (Fsp3) is 0.684. The Morgan fingerprint density at radius 1 is 1.14 bits per heavy atom. The zero-order valence-electron chi connectivity index (χ0n) is 16.4. The molecule has 2 aliphatic carbocycles. The molecule has 3 unspecified atom stereocenters. The summed E-state index contributed by atoms with van der Waals surface area (Å²) in [4.78, 5) is 38.2. The van der Waals surface area contributed by atoms with Gasteiger partial charge in [-0.05, 0) is 43.9 Å². The van der Waals surface area contributed by atoms with Crippen molar-refractivity contribution >= 4 is 50.0 Å². The van der Waals surface area contributed by atoms with E-state index in [2.05, 4.69) is 31.5 Å². The van der Waals surface area contributed by atoms with Gasteiger partial charge in [0.15, 0.2) is 5.13 Å². The third kappa shape index (κ3) is 7.50. The monoisotopic (exact) mass is 472 g/mol. The summed E-state index contributed by atoms with van der Waals surface area (Å²) in [6.07, 6.45) is 5.48. The smallest absolute Gasteiger partial charge is 0.216 e. The number of amides is 2. The Bertz CT molecular complexity index is 709. The molecule has 0 spiro atoms. The first-order valence-corrected chi connectivity index (χ1v) is 11.4. The lowest BCUT2D eigenvalue weighted by Crippen LogP contribution is -2.33. The number of aryl methyl sites for hydroxylation is 1. The molecule has 0 saturated heterocycles. The molecule has 0 aromatic carbocycles. The third-order valence-electron chi connectivity index (χ3n) is 5.03. The van der Waals surface area contributed by atoms with Gasteiger partial charge in [-0.25, -0.2) is 4.98 Å². The lowest BCUT2D eigenvalue weighted by Gasteiger charge is -2.24. The molecular weight excluding hydrogens is 444 g/mol. The molecule has 0 aliphatic heterocycles. The summed E-state index contributed by atoms with van der Waals surface area (Å²) in [7, 11) is 0. The van der Waals surface area contributed by atoms with E-state index < -0.39 is 0 Å². The minimum absolute atomic E-state index is 0.00000756. The predicted molar refractivity (Wildman–Crippen MR) is 114 cm³/mol. The van der Waals surface area contributed by atoms with Crippen molar-refractivity contribution in [3.8, 4) is 0 Å². The van der Waals surface area contributed by atoms with E-state index in [1.807, 2.05) is 0 Å². The summed E-state index contributed by atoms with van der Waals surface area (Å²) in [5, 5.41) is 6.31. The highest BCUT2D eigenvalue weighted by molar-refractivity contribution is 9.10. The maximum absolute atomic E-state index is 11.1. The lowest BCUT2D eigenvalue weighted by molar-refractivity contribution is -0.121. The number of halogens is 1. The van der Waals surface area contributed by atoms with Crippen LogP contribution in [0.1, 0.15) is 50.1 Å². The van der Waals surface area contributed by atoms with Gasteiger partial charge in [0.1, 0.15) is 5.78 Å². The number of fused-ring (bicyclic) bond motifs is 1. The van der Waals surface area contributed by atoms with Crippen molar-refractivity contribution in [3.05, 3.63) is 10.6 Å². The number of hydrogen-bond donors (Lipinski definition) is 3. The predicted octanol–water partition coefficient (Wildman–Crippen LogP) is 2.22. The molecule has 1 aromatic heterocycles. The first-order valence-electron chi connectivity index (χ1n) is 9.64. The van der Waals surface area contributed by atoms with Gasteiger partial charge in [-0.2, -0.15) is 0 Å². The number of nitrogens with two attached hydrogens (primary N) is 1. The minimum Gasteiger partial charge on any atom is -0.375 e. The zero-order valence-corrected chi connectivity index (χ0v) is 18.8. The van der Waals surface area contributed by atoms with Crippen molar-refractivity contribution in [2.45, 2.75) is 57.2 Å². The lowest BCUT2D eigenvalue weighted by atomic mass is 9.88. The van der Waals surface area contributed by atoms with Crippen LogP contribution in [0.3, 0.4) is 0 Å². The van der Waals surface area contributed by atoms with Crippen LogP contribution in [0.15, 0.2) is 0 Å². The standard InChI is InChI=1S/C10H15N3OS.C9H14BrNO2/c1-6(14)12-5-7-2-3-8-9(4-7)15-10(11)13-8;1-6(12)11-5-7-2-3-9(13)8(10)4-7/h7H,2-5H2,1H3,(H2,11,13)(H,12,14);7-8H,2-5H2,1H3,(H,11,12). The van der Waals surface area contributed by atoms with Crippen LogP contribution < -0.4 is 16.4 Å². The molecule has 156 valence electrons. The average molecular weight is 473 g/mol. The van der Waals surface area contributed by atoms with Gasteiger partial charge in [0.2, 0.25) is 11.8 Å². The van der Waals surface area contributed by atoms with Gasteiger partial charge in [-0.15, -0.1) is 11.3 Å². The average Bonchev–Trinajstić information content (AvgIpc) is 3.00. The van der Waals surface area contributed by atoms with E-state index in [1.54, 1.807) is 18.3 Å². The fourth-order valence-electron chi connectivity index (χ4n) is 3.44. The Hall–Kier alpha value is -1.48. The topological polar surface area (TPSA) is 114 Å². The first-order chi connectivity index (χ1) is 13.2. The molecule has 3 rings (SSSR count). The summed E-state index contributed by atoms with van der Waals surface area (Å²) in [6, 6.07) is 0. The SMILES string of the molecule is CC(=O)NCC1CCC(=O)C(Br)C1.CC(=O)NCC1CCc2nc(N)sc2C1. The molecule has 4 N–H and O–H groups in total. The number of thiazole rings is 1. The van der Waals surface area contributed by atoms with Crippen molar-refractivity contribution in [1.82, 2.24) is 15.6 Å². The normalized spacial score (nSPS) is 23.8. The summed E-state index contributed by atoms with van der Waals surface area (Å²) in [5.41, 5.74) is 6.83. The Morgan fingerprint density at radius 2 is 1.75 bits per heavy atom. The molecule has 1 heterocycles. The molecule has 3 atom stereocenters. The van der Waals surface area contributed by atoms with Gasteiger partial charge in [0.05, 0.1) is 10.5 Å². The highest BCUT2D eigenvalue weighted by Gasteiger charge is 2.26. The van der Waals surface area contributed by atoms with Crippen molar-refractivity contribution in [1.29, 1.82) is 0 Å². The van der Waals surface area contributed by atoms with Crippen molar-refractivity contribution in [2.24, 2.45) is 11.8 Å². The van der Waals surface area contributed by atoms with Gasteiger partial charge in [-0.3, -0.25) is 14.4 Å². The van der Waals surface area contributed by atoms with E-state index in [4.69, 9.17) is 5.73 Å². The van der Waals surface area contributed by atoms with E-state index in [0.717, 1.165) is 44.3 Å². The molecule has 0 bridgehead atoms. The molecule has 28 heavy (non-hydrogen) atoms. The van der Waals surface area contributed by atoms with Crippen molar-refractivity contribution < 1.29 is 14.4 Å². The number of nitrogens with one attached hydrogen (secondary N) is 2. The molecular formula is C19H29BrN4O3S. The Kier molecular flexibility index (Phi) is 8.88. The maximum Gasteiger partial charge on any atom is 0.216 e. The Labute approximate surface area is 178 Å². The molecule has 7 nitrogen and oxygen atoms in total. The second-order valence-electron chi connectivity index (χ2n) is 7.48. The van der Waals surface area contributed by atoms with Gasteiger partial charge in [0, 0.05) is 38.2 Å². The summed E-state index contributed by atoms with van der Waals surface area (Å²) in [6.45, 7) is 4.54. The van der Waals surface area contributed by atoms with E-state index >= 15 is 0 Å². The Morgan fingerprint density at radius 3 is 2.36 bits per heavy atom. The first kappa shape index (κ1) is 22.8. The fourth-order valence-corrected chi connectivity index (χ4v) is 5.19. The summed E-state index contributed by atoms with van der Waals surface area (Å²) >= 11 is 4.92. The molecule has 2 aliphatic rings. The maximum atomic E-state index is 11.1. The van der Waals surface area contributed by atoms with Crippen LogP contribution >= 0.6 is 27.3 Å². The number of aromatic nitrogens is 1. The molecule has 1 aromatic rings. The quantitative estimate of drug-likeness (QED) is 0.581. The van der Waals surface area contributed by atoms with E-state index in [1.165, 1.54) is 11.8 Å². The molecule has 2 amide bonds. The van der Waals surface area contributed by atoms with Gasteiger partial charge < -0.3 is 16.4 Å². The summed E-state index contributed by atoms with van der Waals surface area (Å²) in [5.74, 6) is 1.33. The Balaban J connectivity index is 0.000000203. The van der Waals surface area contributed by atoms with Crippen LogP contribution in [0.4, 0.5) is 5.13 Å². The minimum atomic E-state index is 0.00000756. The number of Topliss-reactive ketones (excluding diaryl/α,β-unsaturated/α-hetero) is 1. The molecule has 0 radical (unpaired) electrons. The number of carbonyl (C=O) groups excluding carboxylic acids is 3. The van der Waals surface area contributed by atoms with E-state index in [-0.39, 0.29) is 16.6 Å². The zero-order chi connectivity index (χ0) is 20.7. The summed E-state index contributed by atoms with van der Waals surface area (Å²) < 4.78 is 0. The number of anilines is 1. The number of ketones is 1. The largest absolute Gasteiger partial charge is 0.375 e. The van der Waals surface area contributed by atoms with Crippen LogP contribution in [-0.4, -0.2) is 40.5 Å². The number of hydrogen-bond acceptors (Lipinski definition) is 6. The van der Waals surface area contributed by atoms with Crippen LogP contribution in [0.2, 0.25) is 0 Å². The highest BCUT2D eigenvalue weighted by atomic mass is 79.9. The second-order valence-corrected chi connectivity index (χ2v) is 9.70. The van der Waals surface area contributed by atoms with Crippen molar-refractivity contribution in [2.75, 3.05) is 18.8 Å². The van der Waals surface area contributed by atoms with Crippen LogP contribution in [0.5, 0.6) is 0 Å². The number of nitrogens with zero attached hydrogens (tertiary/aromatic N) is 1. The molecule has 1 fully saturated rings. The third-order valence-corrected chi connectivity index (χ3v) is 6.86. The van der Waals surface area contributed by atoms with Crippen LogP contribution in [-0.2, 0) is 27.2 Å². The molecule has 1 saturated carbocycles. The second kappa shape index (κ2) is 10.9. The number of nitrogen functional groups attached to an aromatic ring is 1. The number of alkyl halides is 1. The number of rotatable bonds is 4. The van der Waals surface area contributed by atoms with Crippen LogP contribution in [0.25, 0.3) is 0 Å². The van der Waals surface area contributed by atoms with Gasteiger partial charge >= 0.3 is 0 Å².